The Labute approximate surface area is 346 Å². The average molecular weight is 809 g/mol. The van der Waals surface area contributed by atoms with Crippen molar-refractivity contribution >= 4 is 56.6 Å². The summed E-state index contributed by atoms with van der Waals surface area (Å²) in [5.74, 6) is -0.306. The van der Waals surface area contributed by atoms with Crippen molar-refractivity contribution in [2.45, 2.75) is 72.9 Å². The van der Waals surface area contributed by atoms with Gasteiger partial charge < -0.3 is 9.80 Å². The van der Waals surface area contributed by atoms with Crippen LogP contribution in [0.2, 0.25) is 0 Å². The maximum absolute atomic E-state index is 13.4. The monoisotopic (exact) mass is 808 g/mol. The molecule has 8 rings (SSSR count). The lowest BCUT2D eigenvalue weighted by Gasteiger charge is -2.42. The molecule has 0 saturated carbocycles. The molecule has 0 N–H and O–H groups in total. The molecule has 4 heterocycles. The summed E-state index contributed by atoms with van der Waals surface area (Å²) in [7, 11) is 0. The van der Waals surface area contributed by atoms with Crippen LogP contribution in [-0.2, 0) is 22.4 Å². The van der Waals surface area contributed by atoms with Crippen molar-refractivity contribution in [1.29, 1.82) is 0 Å². The van der Waals surface area contributed by atoms with E-state index in [4.69, 9.17) is 0 Å². The Hall–Kier alpha value is -4.94. The molecule has 0 saturated heterocycles. The van der Waals surface area contributed by atoms with Crippen molar-refractivity contribution in [3.05, 3.63) is 83.2 Å². The van der Waals surface area contributed by atoms with E-state index < -0.39 is 6.67 Å². The van der Waals surface area contributed by atoms with E-state index in [1.807, 2.05) is 74.2 Å². The lowest BCUT2D eigenvalue weighted by Crippen LogP contribution is -2.49. The zero-order chi connectivity index (χ0) is 42.1. The second-order valence-corrected chi connectivity index (χ2v) is 16.1. The van der Waals surface area contributed by atoms with Crippen LogP contribution in [0, 0.1) is 11.8 Å². The fraction of sp³-hybridized carbons (Fsp3) is 0.489. The van der Waals surface area contributed by atoms with Crippen molar-refractivity contribution < 1.29 is 28.0 Å². The van der Waals surface area contributed by atoms with E-state index >= 15 is 0 Å². The summed E-state index contributed by atoms with van der Waals surface area (Å²) in [6.07, 6.45) is 10.1. The highest BCUT2D eigenvalue weighted by atomic mass is 19.1. The molecule has 2 amide bonds. The minimum absolute atomic E-state index is 0.00822. The second-order valence-electron chi connectivity index (χ2n) is 16.1. The molecule has 2 aliphatic carbocycles. The Morgan fingerprint density at radius 3 is 1.42 bits per heavy atom. The van der Waals surface area contributed by atoms with E-state index in [1.54, 1.807) is 23.0 Å². The molecule has 10 nitrogen and oxygen atoms in total. The first kappa shape index (κ1) is 42.2. The molecule has 4 aliphatic rings. The number of fused-ring (bicyclic) bond motifs is 4. The molecule has 2 aromatic heterocycles. The minimum Gasteiger partial charge on any atom is -0.343 e. The maximum Gasteiger partial charge on any atom is 0.230 e. The van der Waals surface area contributed by atoms with Gasteiger partial charge in [-0.05, 0) is 92.5 Å². The third kappa shape index (κ3) is 7.70. The highest BCUT2D eigenvalue weighted by molar-refractivity contribution is 6.04. The normalized spacial score (nSPS) is 20.9. The Balaban J connectivity index is 0.000000179. The molecule has 0 radical (unpaired) electrons. The summed E-state index contributed by atoms with van der Waals surface area (Å²) in [4.78, 5) is 58.6. The molecule has 0 bridgehead atoms. The SMILES string of the molecule is CCN(CC)C(=O)C1C=C2c3cccc4c3c(cn4C(C)=O)C[C@H]2N(CCF)C1.CCN(CC)C(=O)[C@@H]1C=C2c3cccc4c3c(cn4C(C)=O)CC2N(CCCF)C1. The van der Waals surface area contributed by atoms with Crippen LogP contribution in [0.5, 0.6) is 0 Å². The molecule has 2 aliphatic heterocycles. The molecule has 4 aromatic rings. The van der Waals surface area contributed by atoms with Gasteiger partial charge >= 0.3 is 0 Å². The number of hydrogen-bond donors (Lipinski definition) is 0. The third-order valence-corrected chi connectivity index (χ3v) is 12.9. The number of carbonyl (C=O) groups excluding carboxylic acids is 4. The van der Waals surface area contributed by atoms with E-state index in [-0.39, 0.29) is 54.2 Å². The van der Waals surface area contributed by atoms with Gasteiger partial charge in [-0.2, -0.15) is 0 Å². The zero-order valence-electron chi connectivity index (χ0n) is 35.3. The van der Waals surface area contributed by atoms with Crippen molar-refractivity contribution in [1.82, 2.24) is 28.7 Å². The maximum atomic E-state index is 13.4. The number of alkyl halides is 2. The van der Waals surface area contributed by atoms with Gasteiger partial charge in [0.2, 0.25) is 23.6 Å². The predicted molar refractivity (Wildman–Crippen MR) is 230 cm³/mol. The topological polar surface area (TPSA) is 91.1 Å². The molecule has 4 atom stereocenters. The van der Waals surface area contributed by atoms with E-state index in [0.29, 0.717) is 58.8 Å². The molecule has 2 unspecified atom stereocenters. The summed E-state index contributed by atoms with van der Waals surface area (Å²) in [6, 6.07) is 12.2. The first-order valence-electron chi connectivity index (χ1n) is 21.4. The van der Waals surface area contributed by atoms with Gasteiger partial charge in [-0.3, -0.25) is 42.5 Å². The molecule has 59 heavy (non-hydrogen) atoms. The quantitative estimate of drug-likeness (QED) is 0.160. The van der Waals surface area contributed by atoms with Crippen molar-refractivity contribution in [3.8, 4) is 0 Å². The Morgan fingerprint density at radius 1 is 0.627 bits per heavy atom. The standard InChI is InChI=1S/C24H30FN3O2.C23H28FN3O2/c1-4-26(5-2)24(30)18-12-20-19-8-6-9-21-23(19)17(15-28(21)16(3)29)13-22(20)27(14-18)11-7-10-25;1-4-25(5-2)23(29)17-11-19-18-7-6-8-20-22(18)16(14-27(20)15(3)28)12-21(19)26(13-17)10-9-24/h6,8-9,12,15,18,22H,4-5,7,10-11,13-14H2,1-3H3;6-8,11,14,17,21H,4-5,9-10,12-13H2,1-3H3/t18-,22?;17?,21-/m11/s1. The van der Waals surface area contributed by atoms with Crippen LogP contribution in [0.1, 0.15) is 79.8 Å². The van der Waals surface area contributed by atoms with Crippen molar-refractivity contribution in [2.24, 2.45) is 11.8 Å². The van der Waals surface area contributed by atoms with Gasteiger partial charge in [0.1, 0.15) is 6.67 Å². The van der Waals surface area contributed by atoms with Crippen LogP contribution in [-0.4, -0.2) is 130 Å². The lowest BCUT2D eigenvalue weighted by atomic mass is 9.79. The number of hydrogen-bond acceptors (Lipinski definition) is 6. The molecule has 314 valence electrons. The highest BCUT2D eigenvalue weighted by Crippen LogP contribution is 2.44. The van der Waals surface area contributed by atoms with Gasteiger partial charge in [-0.15, -0.1) is 0 Å². The number of rotatable bonds is 11. The largest absolute Gasteiger partial charge is 0.343 e. The molecule has 2 aromatic carbocycles. The summed E-state index contributed by atoms with van der Waals surface area (Å²) in [5, 5.41) is 2.19. The summed E-state index contributed by atoms with van der Waals surface area (Å²) in [6.45, 7) is 15.1. The Kier molecular flexibility index (Phi) is 12.7. The number of carbonyl (C=O) groups is 4. The summed E-state index contributed by atoms with van der Waals surface area (Å²) >= 11 is 0. The number of aromatic nitrogens is 2. The average Bonchev–Trinajstić information content (AvgIpc) is 3.82. The van der Waals surface area contributed by atoms with E-state index in [2.05, 4.69) is 34.1 Å². The fourth-order valence-corrected chi connectivity index (χ4v) is 10.1. The smallest absolute Gasteiger partial charge is 0.230 e. The van der Waals surface area contributed by atoms with Crippen LogP contribution in [0.15, 0.2) is 60.9 Å². The molecular weight excluding hydrogens is 751 g/mol. The number of amides is 2. The van der Waals surface area contributed by atoms with Gasteiger partial charge in [0.15, 0.2) is 0 Å². The fourth-order valence-electron chi connectivity index (χ4n) is 10.1. The minimum atomic E-state index is -0.443. The second kappa shape index (κ2) is 17.7. The van der Waals surface area contributed by atoms with E-state index in [0.717, 1.165) is 68.0 Å². The van der Waals surface area contributed by atoms with Gasteiger partial charge in [-0.25, -0.2) is 4.39 Å². The number of nitrogens with zero attached hydrogens (tertiary/aromatic N) is 6. The first-order valence-corrected chi connectivity index (χ1v) is 21.4. The first-order chi connectivity index (χ1) is 28.5. The number of benzene rings is 2. The van der Waals surface area contributed by atoms with Gasteiger partial charge in [-0.1, -0.05) is 36.4 Å². The molecular formula is C47H58F2N6O4. The Morgan fingerprint density at radius 2 is 1.05 bits per heavy atom. The van der Waals surface area contributed by atoms with Gasteiger partial charge in [0, 0.05) is 101 Å². The molecule has 0 spiro atoms. The van der Waals surface area contributed by atoms with E-state index in [1.165, 1.54) is 0 Å². The van der Waals surface area contributed by atoms with Gasteiger partial charge in [0.25, 0.3) is 0 Å². The highest BCUT2D eigenvalue weighted by Gasteiger charge is 2.40. The van der Waals surface area contributed by atoms with Crippen LogP contribution < -0.4 is 0 Å². The molecule has 12 heteroatoms. The van der Waals surface area contributed by atoms with Crippen LogP contribution in [0.25, 0.3) is 33.0 Å². The van der Waals surface area contributed by atoms with Crippen LogP contribution in [0.3, 0.4) is 0 Å². The lowest BCUT2D eigenvalue weighted by molar-refractivity contribution is -0.135. The summed E-state index contributed by atoms with van der Waals surface area (Å²) < 4.78 is 29.8. The van der Waals surface area contributed by atoms with Crippen LogP contribution >= 0.6 is 0 Å². The number of halogens is 2. The zero-order valence-corrected chi connectivity index (χ0v) is 35.3. The predicted octanol–water partition coefficient (Wildman–Crippen LogP) is 7.15. The van der Waals surface area contributed by atoms with Crippen molar-refractivity contribution in [3.63, 3.8) is 0 Å². The van der Waals surface area contributed by atoms with Crippen LogP contribution in [0.4, 0.5) is 8.78 Å². The van der Waals surface area contributed by atoms with Crippen molar-refractivity contribution in [2.75, 3.05) is 65.7 Å². The third-order valence-electron chi connectivity index (χ3n) is 12.9. The van der Waals surface area contributed by atoms with E-state index in [9.17, 15) is 28.0 Å². The summed E-state index contributed by atoms with van der Waals surface area (Å²) in [5.41, 5.74) is 8.48. The Bertz CT molecular complexity index is 2320. The molecule has 0 fully saturated rings. The van der Waals surface area contributed by atoms with Gasteiger partial charge in [0.05, 0.1) is 29.5 Å².